The highest BCUT2D eigenvalue weighted by Gasteiger charge is 2.04. The zero-order chi connectivity index (χ0) is 12.2. The molecule has 2 heteroatoms. The van der Waals surface area contributed by atoms with Gasteiger partial charge >= 0.3 is 5.97 Å². The van der Waals surface area contributed by atoms with Crippen molar-refractivity contribution in [1.29, 1.82) is 0 Å². The Morgan fingerprint density at radius 2 is 1.75 bits per heavy atom. The van der Waals surface area contributed by atoms with E-state index < -0.39 is 0 Å². The van der Waals surface area contributed by atoms with E-state index in [0.29, 0.717) is 6.61 Å². The van der Waals surface area contributed by atoms with Gasteiger partial charge in [-0.05, 0) is 19.8 Å². The molecule has 0 aromatic carbocycles. The summed E-state index contributed by atoms with van der Waals surface area (Å²) in [5, 5.41) is 0. The summed E-state index contributed by atoms with van der Waals surface area (Å²) >= 11 is 0. The molecule has 0 heterocycles. The molecule has 0 aliphatic rings. The van der Waals surface area contributed by atoms with Crippen molar-refractivity contribution in [2.45, 2.75) is 65.7 Å². The van der Waals surface area contributed by atoms with E-state index in [1.165, 1.54) is 25.7 Å². The summed E-state index contributed by atoms with van der Waals surface area (Å²) in [7, 11) is 0. The van der Waals surface area contributed by atoms with Crippen LogP contribution in [0.15, 0.2) is 11.6 Å². The highest BCUT2D eigenvalue weighted by molar-refractivity contribution is 5.87. The lowest BCUT2D eigenvalue weighted by molar-refractivity contribution is -0.139. The molecule has 0 aliphatic carbocycles. The first-order valence-electron chi connectivity index (χ1n) is 6.56. The lowest BCUT2D eigenvalue weighted by atomic mass is 10.2. The quantitative estimate of drug-likeness (QED) is 0.334. The standard InChI is InChI=1S/C14H26O2/c1-4-6-8-9-10-12-16-14(15)13(3)11-7-5-2/h11H,4-10,12H2,1-3H3/b13-11+. The lowest BCUT2D eigenvalue weighted by Crippen LogP contribution is -2.07. The number of esters is 1. The van der Waals surface area contributed by atoms with Gasteiger partial charge in [-0.25, -0.2) is 4.79 Å². The molecule has 0 bridgehead atoms. The third-order valence-corrected chi connectivity index (χ3v) is 2.54. The Balaban J connectivity index is 3.50. The van der Waals surface area contributed by atoms with Gasteiger partial charge in [0.05, 0.1) is 6.61 Å². The van der Waals surface area contributed by atoms with Crippen LogP contribution in [-0.2, 0) is 9.53 Å². The molecule has 0 atom stereocenters. The Bertz CT molecular complexity index is 207. The number of carbonyl (C=O) groups excluding carboxylic acids is 1. The van der Waals surface area contributed by atoms with Crippen LogP contribution in [0.5, 0.6) is 0 Å². The van der Waals surface area contributed by atoms with Gasteiger partial charge < -0.3 is 4.74 Å². The van der Waals surface area contributed by atoms with Crippen LogP contribution in [0.2, 0.25) is 0 Å². The van der Waals surface area contributed by atoms with Crippen molar-refractivity contribution in [1.82, 2.24) is 0 Å². The van der Waals surface area contributed by atoms with E-state index in [9.17, 15) is 4.79 Å². The van der Waals surface area contributed by atoms with Crippen molar-refractivity contribution >= 4 is 5.97 Å². The fourth-order valence-electron chi connectivity index (χ4n) is 1.43. The molecule has 0 fully saturated rings. The van der Waals surface area contributed by atoms with Gasteiger partial charge in [-0.15, -0.1) is 0 Å². The molecule has 0 saturated heterocycles. The monoisotopic (exact) mass is 226 g/mol. The van der Waals surface area contributed by atoms with Crippen LogP contribution in [0.1, 0.15) is 65.7 Å². The SMILES string of the molecule is CCC/C=C(\C)C(=O)OCCCCCCC. The van der Waals surface area contributed by atoms with E-state index in [0.717, 1.165) is 24.8 Å². The van der Waals surface area contributed by atoms with Crippen LogP contribution < -0.4 is 0 Å². The lowest BCUT2D eigenvalue weighted by Gasteiger charge is -2.04. The maximum atomic E-state index is 11.4. The van der Waals surface area contributed by atoms with Crippen molar-refractivity contribution in [2.75, 3.05) is 6.61 Å². The molecule has 0 N–H and O–H groups in total. The zero-order valence-electron chi connectivity index (χ0n) is 11.1. The van der Waals surface area contributed by atoms with Crippen LogP contribution in [0, 0.1) is 0 Å². The fourth-order valence-corrected chi connectivity index (χ4v) is 1.43. The van der Waals surface area contributed by atoms with Gasteiger partial charge in [0.15, 0.2) is 0 Å². The molecule has 0 amide bonds. The zero-order valence-corrected chi connectivity index (χ0v) is 11.1. The van der Waals surface area contributed by atoms with E-state index >= 15 is 0 Å². The van der Waals surface area contributed by atoms with Crippen molar-refractivity contribution in [3.8, 4) is 0 Å². The molecule has 0 aromatic rings. The number of unbranched alkanes of at least 4 members (excludes halogenated alkanes) is 5. The first-order valence-corrected chi connectivity index (χ1v) is 6.56. The minimum absolute atomic E-state index is 0.149. The molecule has 0 unspecified atom stereocenters. The largest absolute Gasteiger partial charge is 0.462 e. The summed E-state index contributed by atoms with van der Waals surface area (Å²) in [6.45, 7) is 6.69. The Morgan fingerprint density at radius 1 is 1.06 bits per heavy atom. The van der Waals surface area contributed by atoms with E-state index in [1.807, 2.05) is 13.0 Å². The molecule has 0 aromatic heterocycles. The van der Waals surface area contributed by atoms with Crippen LogP contribution in [0.4, 0.5) is 0 Å². The van der Waals surface area contributed by atoms with Gasteiger partial charge in [0.1, 0.15) is 0 Å². The number of rotatable bonds is 9. The van der Waals surface area contributed by atoms with Gasteiger partial charge in [0.25, 0.3) is 0 Å². The topological polar surface area (TPSA) is 26.3 Å². The number of hydrogen-bond donors (Lipinski definition) is 0. The summed E-state index contributed by atoms with van der Waals surface area (Å²) in [4.78, 5) is 11.4. The Kier molecular flexibility index (Phi) is 10.2. The molecule has 94 valence electrons. The first kappa shape index (κ1) is 15.2. The fraction of sp³-hybridized carbons (Fsp3) is 0.786. The minimum atomic E-state index is -0.149. The molecule has 0 rings (SSSR count). The summed E-state index contributed by atoms with van der Waals surface area (Å²) < 4.78 is 5.17. The van der Waals surface area contributed by atoms with Crippen LogP contribution >= 0.6 is 0 Å². The van der Waals surface area contributed by atoms with Crippen LogP contribution in [-0.4, -0.2) is 12.6 Å². The van der Waals surface area contributed by atoms with Crippen molar-refractivity contribution in [2.24, 2.45) is 0 Å². The molecule has 0 radical (unpaired) electrons. The maximum Gasteiger partial charge on any atom is 0.333 e. The molecule has 2 nitrogen and oxygen atoms in total. The Morgan fingerprint density at radius 3 is 2.38 bits per heavy atom. The smallest absolute Gasteiger partial charge is 0.333 e. The van der Waals surface area contributed by atoms with Gasteiger partial charge in [-0.3, -0.25) is 0 Å². The van der Waals surface area contributed by atoms with E-state index in [2.05, 4.69) is 13.8 Å². The molecule has 0 saturated carbocycles. The second kappa shape index (κ2) is 10.7. The van der Waals surface area contributed by atoms with Gasteiger partial charge in [0, 0.05) is 5.57 Å². The maximum absolute atomic E-state index is 11.4. The minimum Gasteiger partial charge on any atom is -0.462 e. The van der Waals surface area contributed by atoms with Crippen LogP contribution in [0.3, 0.4) is 0 Å². The third kappa shape index (κ3) is 8.51. The Labute approximate surface area is 100 Å². The second-order valence-corrected chi connectivity index (χ2v) is 4.23. The predicted molar refractivity (Wildman–Crippen MR) is 68.4 cm³/mol. The second-order valence-electron chi connectivity index (χ2n) is 4.23. The van der Waals surface area contributed by atoms with Crippen molar-refractivity contribution < 1.29 is 9.53 Å². The third-order valence-electron chi connectivity index (χ3n) is 2.54. The van der Waals surface area contributed by atoms with E-state index in [1.54, 1.807) is 0 Å². The average Bonchev–Trinajstić information content (AvgIpc) is 2.30. The van der Waals surface area contributed by atoms with Gasteiger partial charge in [0.2, 0.25) is 0 Å². The van der Waals surface area contributed by atoms with Crippen molar-refractivity contribution in [3.63, 3.8) is 0 Å². The first-order chi connectivity index (χ1) is 7.72. The number of carbonyl (C=O) groups is 1. The summed E-state index contributed by atoms with van der Waals surface area (Å²) in [5.41, 5.74) is 0.746. The normalized spacial score (nSPS) is 11.6. The molecular weight excluding hydrogens is 200 g/mol. The van der Waals surface area contributed by atoms with Gasteiger partial charge in [-0.2, -0.15) is 0 Å². The van der Waals surface area contributed by atoms with E-state index in [4.69, 9.17) is 4.74 Å². The highest BCUT2D eigenvalue weighted by Crippen LogP contribution is 2.05. The summed E-state index contributed by atoms with van der Waals surface area (Å²) in [5.74, 6) is -0.149. The predicted octanol–water partition coefficient (Wildman–Crippen LogP) is 4.25. The van der Waals surface area contributed by atoms with E-state index in [-0.39, 0.29) is 5.97 Å². The number of hydrogen-bond acceptors (Lipinski definition) is 2. The van der Waals surface area contributed by atoms with Gasteiger partial charge in [-0.1, -0.05) is 52.0 Å². The van der Waals surface area contributed by atoms with Crippen LogP contribution in [0.25, 0.3) is 0 Å². The summed E-state index contributed by atoms with van der Waals surface area (Å²) in [6, 6.07) is 0. The average molecular weight is 226 g/mol. The highest BCUT2D eigenvalue weighted by atomic mass is 16.5. The molecular formula is C14H26O2. The summed E-state index contributed by atoms with van der Waals surface area (Å²) in [6.07, 6.45) is 9.92. The number of ether oxygens (including phenoxy) is 1. The molecule has 16 heavy (non-hydrogen) atoms. The van der Waals surface area contributed by atoms with Crippen molar-refractivity contribution in [3.05, 3.63) is 11.6 Å². The number of allylic oxidation sites excluding steroid dienone is 1. The molecule has 0 aliphatic heterocycles. The Hall–Kier alpha value is -0.790. The molecule has 0 spiro atoms.